The van der Waals surface area contributed by atoms with Crippen LogP contribution in [0.1, 0.15) is 5.56 Å². The number of benzene rings is 2. The number of nitrogens with one attached hydrogen (secondary N) is 1. The highest BCUT2D eigenvalue weighted by Crippen LogP contribution is 2.32. The summed E-state index contributed by atoms with van der Waals surface area (Å²) >= 11 is 0. The van der Waals surface area contributed by atoms with Gasteiger partial charge in [0.15, 0.2) is 17.5 Å². The minimum atomic E-state index is -0.787. The molecular formula is C20H17F2N7O2. The van der Waals surface area contributed by atoms with E-state index >= 15 is 0 Å². The zero-order valence-corrected chi connectivity index (χ0v) is 16.3. The SMILES string of the molecule is CNC(=O)Oc1c(N)nc(-c2nn(Cc3ccccc3F)c3cc(F)ccc23)nc1N. The monoisotopic (exact) mass is 425 g/mol. The number of nitrogen functional groups attached to an aromatic ring is 2. The van der Waals surface area contributed by atoms with E-state index in [1.807, 2.05) is 0 Å². The van der Waals surface area contributed by atoms with Gasteiger partial charge in [0, 0.05) is 18.0 Å². The Labute approximate surface area is 174 Å². The van der Waals surface area contributed by atoms with Crippen LogP contribution in [0.3, 0.4) is 0 Å². The Hall–Kier alpha value is -4.28. The maximum atomic E-state index is 14.1. The van der Waals surface area contributed by atoms with E-state index in [1.165, 1.54) is 36.0 Å². The number of amides is 1. The Balaban J connectivity index is 1.83. The number of fused-ring (bicyclic) bond motifs is 1. The second kappa shape index (κ2) is 7.86. The predicted molar refractivity (Wildman–Crippen MR) is 110 cm³/mol. The molecule has 0 spiro atoms. The number of anilines is 2. The second-order valence-corrected chi connectivity index (χ2v) is 6.55. The summed E-state index contributed by atoms with van der Waals surface area (Å²) in [6, 6.07) is 10.3. The first-order valence-electron chi connectivity index (χ1n) is 9.09. The van der Waals surface area contributed by atoms with Crippen molar-refractivity contribution in [2.75, 3.05) is 18.5 Å². The van der Waals surface area contributed by atoms with Crippen LogP contribution in [0.15, 0.2) is 42.5 Å². The molecule has 1 amide bonds. The first kappa shape index (κ1) is 20.0. The average molecular weight is 425 g/mol. The summed E-state index contributed by atoms with van der Waals surface area (Å²) in [7, 11) is 1.37. The first-order valence-corrected chi connectivity index (χ1v) is 9.09. The number of halogens is 2. The lowest BCUT2D eigenvalue weighted by molar-refractivity contribution is 0.203. The van der Waals surface area contributed by atoms with E-state index in [1.54, 1.807) is 18.2 Å². The Morgan fingerprint density at radius 3 is 2.52 bits per heavy atom. The van der Waals surface area contributed by atoms with Crippen LogP contribution in [-0.4, -0.2) is 32.9 Å². The summed E-state index contributed by atoms with van der Waals surface area (Å²) in [4.78, 5) is 19.8. The second-order valence-electron chi connectivity index (χ2n) is 6.55. The smallest absolute Gasteiger partial charge is 0.402 e. The highest BCUT2D eigenvalue weighted by molar-refractivity contribution is 5.92. The van der Waals surface area contributed by atoms with Crippen molar-refractivity contribution < 1.29 is 18.3 Å². The molecule has 0 saturated heterocycles. The minimum Gasteiger partial charge on any atom is -0.402 e. The van der Waals surface area contributed by atoms with Crippen LogP contribution in [0.4, 0.5) is 25.2 Å². The first-order chi connectivity index (χ1) is 14.9. The normalized spacial score (nSPS) is 10.9. The highest BCUT2D eigenvalue weighted by atomic mass is 19.1. The molecule has 2 aromatic carbocycles. The van der Waals surface area contributed by atoms with Gasteiger partial charge in [0.2, 0.25) is 5.75 Å². The molecule has 4 aromatic rings. The number of rotatable bonds is 4. The molecule has 4 rings (SSSR count). The molecule has 158 valence electrons. The van der Waals surface area contributed by atoms with Gasteiger partial charge in [-0.15, -0.1) is 0 Å². The topological polar surface area (TPSA) is 134 Å². The molecule has 31 heavy (non-hydrogen) atoms. The summed E-state index contributed by atoms with van der Waals surface area (Å²) in [5.41, 5.74) is 12.8. The number of aromatic nitrogens is 4. The molecule has 0 aliphatic heterocycles. The van der Waals surface area contributed by atoms with Crippen molar-refractivity contribution in [1.29, 1.82) is 0 Å². The van der Waals surface area contributed by atoms with Crippen molar-refractivity contribution in [3.05, 3.63) is 59.7 Å². The molecule has 0 radical (unpaired) electrons. The molecule has 0 aliphatic carbocycles. The van der Waals surface area contributed by atoms with Crippen molar-refractivity contribution in [3.63, 3.8) is 0 Å². The Kier molecular flexibility index (Phi) is 5.07. The lowest BCUT2D eigenvalue weighted by Gasteiger charge is -2.09. The fourth-order valence-electron chi connectivity index (χ4n) is 3.06. The standard InChI is InChI=1S/C20H17F2N7O2/c1-25-20(30)31-16-17(23)26-19(27-18(16)24)15-12-7-6-11(21)8-14(12)29(28-15)9-10-4-2-3-5-13(10)22/h2-8H,9H2,1H3,(H,25,30)(H4,23,24,26,27). The van der Waals surface area contributed by atoms with Crippen LogP contribution in [0, 0.1) is 11.6 Å². The Morgan fingerprint density at radius 2 is 1.84 bits per heavy atom. The van der Waals surface area contributed by atoms with Gasteiger partial charge in [-0.2, -0.15) is 5.10 Å². The van der Waals surface area contributed by atoms with Gasteiger partial charge in [-0.3, -0.25) is 4.68 Å². The minimum absolute atomic E-state index is 0.0446. The molecular weight excluding hydrogens is 408 g/mol. The van der Waals surface area contributed by atoms with Crippen LogP contribution >= 0.6 is 0 Å². The Bertz CT molecular complexity index is 1280. The summed E-state index contributed by atoms with van der Waals surface area (Å²) in [6.45, 7) is 0.0510. The van der Waals surface area contributed by atoms with Crippen molar-refractivity contribution in [1.82, 2.24) is 25.1 Å². The lowest BCUT2D eigenvalue weighted by atomic mass is 10.2. The molecule has 0 atom stereocenters. The van der Waals surface area contributed by atoms with Crippen molar-refractivity contribution in [2.24, 2.45) is 0 Å². The fourth-order valence-corrected chi connectivity index (χ4v) is 3.06. The van der Waals surface area contributed by atoms with Crippen LogP contribution in [-0.2, 0) is 6.54 Å². The average Bonchev–Trinajstić information content (AvgIpc) is 3.09. The fraction of sp³-hybridized carbons (Fsp3) is 0.100. The van der Waals surface area contributed by atoms with Gasteiger partial charge in [0.1, 0.15) is 17.3 Å². The van der Waals surface area contributed by atoms with E-state index in [0.717, 1.165) is 0 Å². The van der Waals surface area contributed by atoms with Crippen LogP contribution in [0.25, 0.3) is 22.4 Å². The highest BCUT2D eigenvalue weighted by Gasteiger charge is 2.21. The summed E-state index contributed by atoms with van der Waals surface area (Å²) in [5.74, 6) is -1.39. The molecule has 2 heterocycles. The van der Waals surface area contributed by atoms with E-state index in [0.29, 0.717) is 16.5 Å². The molecule has 11 heteroatoms. The lowest BCUT2D eigenvalue weighted by Crippen LogP contribution is -2.23. The van der Waals surface area contributed by atoms with Gasteiger partial charge in [-0.05, 0) is 24.3 Å². The number of nitrogens with zero attached hydrogens (tertiary/aromatic N) is 4. The van der Waals surface area contributed by atoms with Crippen LogP contribution in [0.5, 0.6) is 5.75 Å². The molecule has 5 N–H and O–H groups in total. The molecule has 0 fully saturated rings. The van der Waals surface area contributed by atoms with Crippen LogP contribution in [0.2, 0.25) is 0 Å². The zero-order chi connectivity index (χ0) is 22.1. The number of ether oxygens (including phenoxy) is 1. The van der Waals surface area contributed by atoms with E-state index in [2.05, 4.69) is 20.4 Å². The third-order valence-electron chi connectivity index (χ3n) is 4.52. The molecule has 0 saturated carbocycles. The van der Waals surface area contributed by atoms with Gasteiger partial charge in [-0.25, -0.2) is 23.5 Å². The van der Waals surface area contributed by atoms with Crippen molar-refractivity contribution in [2.45, 2.75) is 6.54 Å². The van der Waals surface area contributed by atoms with Crippen molar-refractivity contribution in [3.8, 4) is 17.3 Å². The number of carbonyl (C=O) groups excluding carboxylic acids is 1. The van der Waals surface area contributed by atoms with Gasteiger partial charge in [-0.1, -0.05) is 18.2 Å². The third-order valence-corrected chi connectivity index (χ3v) is 4.52. The number of hydrogen-bond acceptors (Lipinski definition) is 7. The van der Waals surface area contributed by atoms with E-state index < -0.39 is 17.7 Å². The van der Waals surface area contributed by atoms with Gasteiger partial charge >= 0.3 is 6.09 Å². The molecule has 9 nitrogen and oxygen atoms in total. The third kappa shape index (κ3) is 3.80. The molecule has 2 aromatic heterocycles. The van der Waals surface area contributed by atoms with Gasteiger partial charge in [0.25, 0.3) is 0 Å². The summed E-state index contributed by atoms with van der Waals surface area (Å²) in [5, 5.41) is 7.23. The molecule has 0 unspecified atom stereocenters. The quantitative estimate of drug-likeness (QED) is 0.458. The number of nitrogens with two attached hydrogens (primary N) is 2. The maximum Gasteiger partial charge on any atom is 0.412 e. The van der Waals surface area contributed by atoms with E-state index in [9.17, 15) is 13.6 Å². The van der Waals surface area contributed by atoms with Gasteiger partial charge in [0.05, 0.1) is 12.1 Å². The Morgan fingerprint density at radius 1 is 1.13 bits per heavy atom. The number of carbonyl (C=O) groups is 1. The van der Waals surface area contributed by atoms with E-state index in [4.69, 9.17) is 16.2 Å². The molecule has 0 aliphatic rings. The van der Waals surface area contributed by atoms with Crippen LogP contribution < -0.4 is 21.5 Å². The van der Waals surface area contributed by atoms with E-state index in [-0.39, 0.29) is 35.4 Å². The number of hydrogen-bond donors (Lipinski definition) is 3. The van der Waals surface area contributed by atoms with Crippen molar-refractivity contribution >= 4 is 28.6 Å². The van der Waals surface area contributed by atoms with Gasteiger partial charge < -0.3 is 21.5 Å². The maximum absolute atomic E-state index is 14.1. The summed E-state index contributed by atoms with van der Waals surface area (Å²) in [6.07, 6.45) is -0.787. The molecule has 0 bridgehead atoms. The predicted octanol–water partition coefficient (Wildman–Crippen LogP) is 2.70. The zero-order valence-electron chi connectivity index (χ0n) is 16.3. The largest absolute Gasteiger partial charge is 0.412 e. The summed E-state index contributed by atoms with van der Waals surface area (Å²) < 4.78 is 34.5.